The number of anilines is 1. The second-order valence-corrected chi connectivity index (χ2v) is 5.21. The van der Waals surface area contributed by atoms with Crippen molar-refractivity contribution in [2.45, 2.75) is 13.5 Å². The minimum Gasteiger partial charge on any atom is -0.487 e. The molecule has 0 atom stereocenters. The fourth-order valence-corrected chi connectivity index (χ4v) is 2.30. The number of hydrogen-bond donors (Lipinski definition) is 1. The highest BCUT2D eigenvalue weighted by molar-refractivity contribution is 5.69. The van der Waals surface area contributed by atoms with E-state index in [1.165, 1.54) is 0 Å². The number of ether oxygens (including phenoxy) is 1. The highest BCUT2D eigenvalue weighted by Gasteiger charge is 2.05. The van der Waals surface area contributed by atoms with Crippen molar-refractivity contribution in [3.8, 4) is 16.9 Å². The van der Waals surface area contributed by atoms with Crippen LogP contribution in [0.3, 0.4) is 0 Å². The van der Waals surface area contributed by atoms with Crippen molar-refractivity contribution < 1.29 is 4.74 Å². The van der Waals surface area contributed by atoms with Gasteiger partial charge in [-0.3, -0.25) is 4.98 Å². The molecule has 0 aliphatic heterocycles. The molecule has 0 amide bonds. The number of pyridine rings is 1. The van der Waals surface area contributed by atoms with Gasteiger partial charge in [0.15, 0.2) is 0 Å². The Kier molecular flexibility index (Phi) is 4.05. The first-order valence-corrected chi connectivity index (χ1v) is 7.21. The van der Waals surface area contributed by atoms with Crippen LogP contribution in [-0.4, -0.2) is 4.98 Å². The van der Waals surface area contributed by atoms with Gasteiger partial charge in [-0.25, -0.2) is 0 Å². The van der Waals surface area contributed by atoms with Crippen molar-refractivity contribution in [2.24, 2.45) is 0 Å². The largest absolute Gasteiger partial charge is 0.487 e. The summed E-state index contributed by atoms with van der Waals surface area (Å²) in [5.74, 6) is 0.704. The Morgan fingerprint density at radius 2 is 1.73 bits per heavy atom. The number of nitrogens with two attached hydrogens (primary N) is 1. The summed E-state index contributed by atoms with van der Waals surface area (Å²) in [6, 6.07) is 19.9. The normalized spacial score (nSPS) is 10.4. The summed E-state index contributed by atoms with van der Waals surface area (Å²) in [5, 5.41) is 0. The van der Waals surface area contributed by atoms with E-state index in [4.69, 9.17) is 10.5 Å². The lowest BCUT2D eigenvalue weighted by Crippen LogP contribution is -1.99. The lowest BCUT2D eigenvalue weighted by atomic mass is 10.1. The number of rotatable bonds is 4. The Hall–Kier alpha value is -2.81. The number of nitrogen functional groups attached to an aromatic ring is 1. The highest BCUT2D eigenvalue weighted by Crippen LogP contribution is 2.29. The number of hydrogen-bond acceptors (Lipinski definition) is 3. The second kappa shape index (κ2) is 6.31. The molecule has 3 heteroatoms. The maximum Gasteiger partial charge on any atom is 0.143 e. The number of benzene rings is 2. The second-order valence-electron chi connectivity index (χ2n) is 5.21. The predicted octanol–water partition coefficient (Wildman–Crippen LogP) is 4.22. The van der Waals surface area contributed by atoms with Crippen LogP contribution in [0.25, 0.3) is 11.1 Å². The molecule has 0 saturated carbocycles. The van der Waals surface area contributed by atoms with E-state index < -0.39 is 0 Å². The van der Waals surface area contributed by atoms with Gasteiger partial charge in [-0.05, 0) is 47.9 Å². The van der Waals surface area contributed by atoms with Crippen molar-refractivity contribution in [2.75, 3.05) is 5.73 Å². The summed E-state index contributed by atoms with van der Waals surface area (Å²) in [7, 11) is 0. The Morgan fingerprint density at radius 1 is 0.955 bits per heavy atom. The van der Waals surface area contributed by atoms with Gasteiger partial charge >= 0.3 is 0 Å². The van der Waals surface area contributed by atoms with Crippen LogP contribution in [0.1, 0.15) is 11.3 Å². The Morgan fingerprint density at radius 3 is 2.50 bits per heavy atom. The number of aryl methyl sites for hydroxylation is 1. The molecular weight excluding hydrogens is 272 g/mol. The molecule has 2 N–H and O–H groups in total. The molecule has 3 aromatic rings. The monoisotopic (exact) mass is 290 g/mol. The van der Waals surface area contributed by atoms with Gasteiger partial charge in [0.2, 0.25) is 0 Å². The molecule has 0 radical (unpaired) electrons. The van der Waals surface area contributed by atoms with Gasteiger partial charge in [-0.2, -0.15) is 0 Å². The van der Waals surface area contributed by atoms with Crippen molar-refractivity contribution >= 4 is 5.69 Å². The average Bonchev–Trinajstić information content (AvgIpc) is 2.55. The summed E-state index contributed by atoms with van der Waals surface area (Å²) in [6.45, 7) is 2.48. The number of aromatic nitrogens is 1. The molecule has 1 heterocycles. The van der Waals surface area contributed by atoms with E-state index in [1.54, 1.807) is 0 Å². The first-order chi connectivity index (χ1) is 10.7. The van der Waals surface area contributed by atoms with Crippen LogP contribution in [0.4, 0.5) is 5.69 Å². The van der Waals surface area contributed by atoms with Gasteiger partial charge in [-0.15, -0.1) is 0 Å². The Bertz CT molecular complexity index is 769. The molecule has 0 saturated heterocycles. The van der Waals surface area contributed by atoms with E-state index in [0.717, 1.165) is 22.4 Å². The Labute approximate surface area is 130 Å². The van der Waals surface area contributed by atoms with E-state index in [0.29, 0.717) is 18.0 Å². The molecule has 0 aliphatic carbocycles. The van der Waals surface area contributed by atoms with E-state index in [1.807, 2.05) is 73.8 Å². The van der Waals surface area contributed by atoms with Crippen LogP contribution in [0.5, 0.6) is 5.75 Å². The topological polar surface area (TPSA) is 48.1 Å². The molecule has 110 valence electrons. The minimum absolute atomic E-state index is 0.504. The van der Waals surface area contributed by atoms with Crippen LogP contribution in [0.15, 0.2) is 66.9 Å². The lowest BCUT2D eigenvalue weighted by molar-refractivity contribution is 0.308. The molecule has 0 unspecified atom stereocenters. The van der Waals surface area contributed by atoms with Gasteiger partial charge in [0.05, 0.1) is 5.69 Å². The average molecular weight is 290 g/mol. The zero-order valence-corrected chi connectivity index (χ0v) is 12.5. The van der Waals surface area contributed by atoms with Gasteiger partial charge in [-0.1, -0.05) is 36.4 Å². The smallest absolute Gasteiger partial charge is 0.143 e. The third-order valence-electron chi connectivity index (χ3n) is 3.48. The summed E-state index contributed by atoms with van der Waals surface area (Å²) in [5.41, 5.74) is 11.0. The summed E-state index contributed by atoms with van der Waals surface area (Å²) in [6.07, 6.45) is 1.81. The number of nitrogens with zero attached hydrogens (tertiary/aromatic N) is 1. The van der Waals surface area contributed by atoms with E-state index in [2.05, 4.69) is 4.98 Å². The first kappa shape index (κ1) is 14.1. The van der Waals surface area contributed by atoms with Crippen LogP contribution in [-0.2, 0) is 6.61 Å². The van der Waals surface area contributed by atoms with E-state index in [-0.39, 0.29) is 0 Å². The summed E-state index contributed by atoms with van der Waals surface area (Å²) in [4.78, 5) is 4.23. The molecule has 0 bridgehead atoms. The van der Waals surface area contributed by atoms with Gasteiger partial charge in [0.25, 0.3) is 0 Å². The van der Waals surface area contributed by atoms with Crippen LogP contribution >= 0.6 is 0 Å². The van der Waals surface area contributed by atoms with Crippen LogP contribution < -0.4 is 10.5 Å². The van der Waals surface area contributed by atoms with E-state index >= 15 is 0 Å². The molecule has 3 rings (SSSR count). The molecule has 1 aromatic heterocycles. The van der Waals surface area contributed by atoms with Crippen LogP contribution in [0, 0.1) is 6.92 Å². The molecule has 22 heavy (non-hydrogen) atoms. The fraction of sp³-hybridized carbons (Fsp3) is 0.105. The third-order valence-corrected chi connectivity index (χ3v) is 3.48. The van der Waals surface area contributed by atoms with Crippen LogP contribution in [0.2, 0.25) is 0 Å². The van der Waals surface area contributed by atoms with Gasteiger partial charge < -0.3 is 10.5 Å². The van der Waals surface area contributed by atoms with E-state index in [9.17, 15) is 0 Å². The molecule has 0 fully saturated rings. The summed E-state index contributed by atoms with van der Waals surface area (Å²) < 4.78 is 5.87. The molecule has 3 nitrogen and oxygen atoms in total. The van der Waals surface area contributed by atoms with Gasteiger partial charge in [0.1, 0.15) is 12.4 Å². The molecule has 2 aromatic carbocycles. The molecular formula is C19H18N2O. The molecule has 0 aliphatic rings. The predicted molar refractivity (Wildman–Crippen MR) is 89.6 cm³/mol. The maximum absolute atomic E-state index is 6.02. The van der Waals surface area contributed by atoms with Crippen molar-refractivity contribution in [3.05, 3.63) is 78.1 Å². The third kappa shape index (κ3) is 3.26. The fourth-order valence-electron chi connectivity index (χ4n) is 2.30. The van der Waals surface area contributed by atoms with Gasteiger partial charge in [0, 0.05) is 11.9 Å². The van der Waals surface area contributed by atoms with Crippen molar-refractivity contribution in [1.82, 2.24) is 4.98 Å². The zero-order valence-electron chi connectivity index (χ0n) is 12.5. The maximum atomic E-state index is 6.02. The molecule has 0 spiro atoms. The van der Waals surface area contributed by atoms with Crippen molar-refractivity contribution in [3.63, 3.8) is 0 Å². The minimum atomic E-state index is 0.504. The first-order valence-electron chi connectivity index (χ1n) is 7.21. The summed E-state index contributed by atoms with van der Waals surface area (Å²) >= 11 is 0. The highest BCUT2D eigenvalue weighted by atomic mass is 16.5. The quantitative estimate of drug-likeness (QED) is 0.732. The zero-order chi connectivity index (χ0) is 15.4. The SMILES string of the molecule is Cc1cc(-c2ccc(N)c(OCc3ccccc3)c2)ccn1. The standard InChI is InChI=1S/C19H18N2O/c1-14-11-17(9-10-21-14)16-7-8-18(20)19(12-16)22-13-15-5-3-2-4-6-15/h2-12H,13,20H2,1H3. The van der Waals surface area contributed by atoms with Crippen molar-refractivity contribution in [1.29, 1.82) is 0 Å². The Balaban J connectivity index is 1.84. The lowest BCUT2D eigenvalue weighted by Gasteiger charge is -2.11.